The van der Waals surface area contributed by atoms with Gasteiger partial charge in [0.15, 0.2) is 0 Å². The van der Waals surface area contributed by atoms with Crippen molar-refractivity contribution in [2.24, 2.45) is 0 Å². The van der Waals surface area contributed by atoms with Gasteiger partial charge in [-0.25, -0.2) is 0 Å². The van der Waals surface area contributed by atoms with E-state index < -0.39 is 10.9 Å². The van der Waals surface area contributed by atoms with Gasteiger partial charge < -0.3 is 10.1 Å². The van der Waals surface area contributed by atoms with Crippen LogP contribution < -0.4 is 5.32 Å². The van der Waals surface area contributed by atoms with Crippen LogP contribution in [0.5, 0.6) is 0 Å². The van der Waals surface area contributed by atoms with Crippen molar-refractivity contribution in [1.29, 1.82) is 0 Å². The molecular weight excluding hydrogens is 282 g/mol. The number of halogens is 1. The second-order valence-corrected chi connectivity index (χ2v) is 6.06. The fourth-order valence-electron chi connectivity index (χ4n) is 2.31. The van der Waals surface area contributed by atoms with E-state index in [0.29, 0.717) is 5.02 Å². The maximum absolute atomic E-state index is 11.9. The highest BCUT2D eigenvalue weighted by Gasteiger charge is 2.38. The lowest BCUT2D eigenvalue weighted by Crippen LogP contribution is -2.44. The third kappa shape index (κ3) is 3.44. The topological polar surface area (TPSA) is 38.3 Å². The van der Waals surface area contributed by atoms with Crippen LogP contribution >= 0.6 is 24.2 Å². The molecule has 0 saturated carbocycles. The Morgan fingerprint density at radius 1 is 1.37 bits per heavy atom. The highest BCUT2D eigenvalue weighted by atomic mass is 35.5. The van der Waals surface area contributed by atoms with E-state index in [4.69, 9.17) is 16.3 Å². The molecule has 2 rings (SSSR count). The summed E-state index contributed by atoms with van der Waals surface area (Å²) in [5.41, 5.74) is 0.449. The van der Waals surface area contributed by atoms with Gasteiger partial charge in [-0.05, 0) is 37.7 Å². The predicted molar refractivity (Wildman–Crippen MR) is 79.8 cm³/mol. The molecule has 0 aromatic heterocycles. The fourth-order valence-corrected chi connectivity index (χ4v) is 2.49. The van der Waals surface area contributed by atoms with E-state index in [1.165, 1.54) is 0 Å². The van der Waals surface area contributed by atoms with Crippen LogP contribution in [0.15, 0.2) is 24.3 Å². The molecule has 0 bridgehead atoms. The van der Waals surface area contributed by atoms with Gasteiger partial charge in [0.25, 0.3) is 0 Å². The smallest absolute Gasteiger partial charge is 0.319 e. The van der Waals surface area contributed by atoms with Crippen molar-refractivity contribution in [1.82, 2.24) is 5.32 Å². The van der Waals surface area contributed by atoms with Crippen molar-refractivity contribution >= 4 is 30.2 Å². The van der Waals surface area contributed by atoms with E-state index in [0.717, 1.165) is 31.5 Å². The third-order valence-electron chi connectivity index (χ3n) is 3.42. The first-order valence-electron chi connectivity index (χ1n) is 6.41. The van der Waals surface area contributed by atoms with E-state index in [-0.39, 0.29) is 5.97 Å². The van der Waals surface area contributed by atoms with Gasteiger partial charge in [0, 0.05) is 17.9 Å². The van der Waals surface area contributed by atoms with Crippen molar-refractivity contribution in [3.63, 3.8) is 0 Å². The lowest BCUT2D eigenvalue weighted by molar-refractivity contribution is -0.163. The zero-order chi connectivity index (χ0) is 13.9. The van der Waals surface area contributed by atoms with Crippen LogP contribution in [0.25, 0.3) is 0 Å². The molecule has 3 nitrogen and oxygen atoms in total. The van der Waals surface area contributed by atoms with Crippen molar-refractivity contribution in [2.75, 3.05) is 13.1 Å². The van der Waals surface area contributed by atoms with Crippen molar-refractivity contribution in [3.8, 4) is 0 Å². The van der Waals surface area contributed by atoms with Crippen molar-refractivity contribution in [2.45, 2.75) is 30.6 Å². The molecule has 104 valence electrons. The number of carbonyl (C=O) groups excluding carboxylic acids is 1. The number of ether oxygens (including phenoxy) is 1. The zero-order valence-electron chi connectivity index (χ0n) is 10.9. The Balaban J connectivity index is 2.28. The summed E-state index contributed by atoms with van der Waals surface area (Å²) in [5.74, 6) is -0.278. The summed E-state index contributed by atoms with van der Waals surface area (Å²) >= 11 is 10.1. The molecule has 5 heteroatoms. The minimum atomic E-state index is -0.552. The van der Waals surface area contributed by atoms with Crippen LogP contribution in [0.3, 0.4) is 0 Å². The van der Waals surface area contributed by atoms with E-state index in [1.807, 2.05) is 24.3 Å². The lowest BCUT2D eigenvalue weighted by atomic mass is 9.84. The normalized spacial score (nSPS) is 19.7. The first kappa shape index (κ1) is 14.7. The molecule has 0 aliphatic carbocycles. The van der Waals surface area contributed by atoms with Crippen LogP contribution in [0, 0.1) is 0 Å². The fraction of sp³-hybridized carbons (Fsp3) is 0.500. The second-order valence-electron chi connectivity index (χ2n) is 4.85. The minimum absolute atomic E-state index is 0.278. The Hall–Kier alpha value is -0.710. The predicted octanol–water partition coefficient (Wildman–Crippen LogP) is 2.78. The summed E-state index contributed by atoms with van der Waals surface area (Å²) in [4.78, 5) is 11.9. The molecule has 1 heterocycles. The summed E-state index contributed by atoms with van der Waals surface area (Å²) in [5, 5.41) is 3.55. The molecule has 1 aliphatic rings. The highest BCUT2D eigenvalue weighted by molar-refractivity contribution is 7.81. The molecule has 1 aromatic rings. The van der Waals surface area contributed by atoms with E-state index in [9.17, 15) is 4.79 Å². The Morgan fingerprint density at radius 3 is 2.47 bits per heavy atom. The van der Waals surface area contributed by atoms with Crippen LogP contribution in [-0.2, 0) is 15.1 Å². The Morgan fingerprint density at radius 2 is 1.95 bits per heavy atom. The van der Waals surface area contributed by atoms with Crippen LogP contribution in [-0.4, -0.2) is 24.3 Å². The highest BCUT2D eigenvalue weighted by Crippen LogP contribution is 2.36. The summed E-state index contributed by atoms with van der Waals surface area (Å²) in [6.45, 7) is 3.38. The molecule has 1 aliphatic heterocycles. The van der Waals surface area contributed by atoms with Crippen LogP contribution in [0.4, 0.5) is 0 Å². The summed E-state index contributed by atoms with van der Waals surface area (Å²) in [6, 6.07) is 7.53. The Labute approximate surface area is 124 Å². The average Bonchev–Trinajstić information content (AvgIpc) is 2.40. The van der Waals surface area contributed by atoms with Crippen LogP contribution in [0.2, 0.25) is 5.02 Å². The quantitative estimate of drug-likeness (QED) is 0.666. The SMILES string of the molecule is CC(S)C(=O)OC1(c2ccc(Cl)cc2)CCNCC1. The first-order chi connectivity index (χ1) is 9.03. The van der Waals surface area contributed by atoms with Gasteiger partial charge in [0.2, 0.25) is 0 Å². The molecule has 19 heavy (non-hydrogen) atoms. The van der Waals surface area contributed by atoms with Crippen molar-refractivity contribution < 1.29 is 9.53 Å². The molecule has 0 spiro atoms. The molecule has 1 atom stereocenters. The number of carbonyl (C=O) groups is 1. The zero-order valence-corrected chi connectivity index (χ0v) is 12.5. The minimum Gasteiger partial charge on any atom is -0.453 e. The number of hydrogen-bond acceptors (Lipinski definition) is 4. The van der Waals surface area contributed by atoms with Gasteiger partial charge in [-0.15, -0.1) is 0 Å². The summed E-state index contributed by atoms with van der Waals surface area (Å²) in [7, 11) is 0. The number of hydrogen-bond donors (Lipinski definition) is 2. The third-order valence-corrected chi connectivity index (χ3v) is 3.88. The monoisotopic (exact) mass is 299 g/mol. The van der Waals surface area contributed by atoms with E-state index in [1.54, 1.807) is 6.92 Å². The van der Waals surface area contributed by atoms with Gasteiger partial charge in [0.05, 0.1) is 5.25 Å². The van der Waals surface area contributed by atoms with Gasteiger partial charge in [-0.2, -0.15) is 12.6 Å². The van der Waals surface area contributed by atoms with Gasteiger partial charge >= 0.3 is 5.97 Å². The number of piperidine rings is 1. The number of nitrogens with one attached hydrogen (secondary N) is 1. The van der Waals surface area contributed by atoms with E-state index >= 15 is 0 Å². The molecule has 0 radical (unpaired) electrons. The summed E-state index contributed by atoms with van der Waals surface area (Å²) < 4.78 is 5.77. The molecule has 1 unspecified atom stereocenters. The molecule has 1 aromatic carbocycles. The molecule has 1 saturated heterocycles. The molecular formula is C14H18ClNO2S. The Bertz CT molecular complexity index is 441. The maximum atomic E-state index is 11.9. The summed E-state index contributed by atoms with van der Waals surface area (Å²) in [6.07, 6.45) is 1.53. The van der Waals surface area contributed by atoms with E-state index in [2.05, 4.69) is 17.9 Å². The molecule has 1 N–H and O–H groups in total. The number of benzene rings is 1. The number of rotatable bonds is 3. The second kappa shape index (κ2) is 6.16. The Kier molecular flexibility index (Phi) is 4.76. The van der Waals surface area contributed by atoms with Crippen molar-refractivity contribution in [3.05, 3.63) is 34.9 Å². The number of esters is 1. The van der Waals surface area contributed by atoms with Crippen LogP contribution in [0.1, 0.15) is 25.3 Å². The molecule has 0 amide bonds. The largest absolute Gasteiger partial charge is 0.453 e. The average molecular weight is 300 g/mol. The van der Waals surface area contributed by atoms with Gasteiger partial charge in [-0.3, -0.25) is 4.79 Å². The number of thiol groups is 1. The maximum Gasteiger partial charge on any atom is 0.319 e. The van der Waals surface area contributed by atoms with Gasteiger partial charge in [-0.1, -0.05) is 23.7 Å². The first-order valence-corrected chi connectivity index (χ1v) is 7.31. The lowest BCUT2D eigenvalue weighted by Gasteiger charge is -2.38. The molecule has 1 fully saturated rings. The standard InChI is InChI=1S/C14H18ClNO2S/c1-10(19)13(17)18-14(6-8-16-9-7-14)11-2-4-12(15)5-3-11/h2-5,10,16,19H,6-9H2,1H3. The van der Waals surface area contributed by atoms with Gasteiger partial charge in [0.1, 0.15) is 5.60 Å².